The molecule has 1 aliphatic heterocycles. The van der Waals surface area contributed by atoms with Gasteiger partial charge in [-0.3, -0.25) is 0 Å². The summed E-state index contributed by atoms with van der Waals surface area (Å²) in [6.45, 7) is 10.5. The third-order valence-electron chi connectivity index (χ3n) is 2.13. The van der Waals surface area contributed by atoms with Crippen LogP contribution >= 0.6 is 0 Å². The summed E-state index contributed by atoms with van der Waals surface area (Å²) in [5.74, 6) is 0.0311. The van der Waals surface area contributed by atoms with Crippen molar-refractivity contribution < 1.29 is 19.4 Å². The Morgan fingerprint density at radius 1 is 1.50 bits per heavy atom. The molecule has 18 heavy (non-hydrogen) atoms. The summed E-state index contributed by atoms with van der Waals surface area (Å²) in [6, 6.07) is 0. The number of esters is 1. The van der Waals surface area contributed by atoms with Crippen LogP contribution in [-0.2, 0) is 9.53 Å². The first-order valence-electron chi connectivity index (χ1n) is 5.73. The van der Waals surface area contributed by atoms with Crippen molar-refractivity contribution in [2.45, 2.75) is 26.4 Å². The average Bonchev–Trinajstić information content (AvgIpc) is 2.13. The summed E-state index contributed by atoms with van der Waals surface area (Å²) in [4.78, 5) is 22.0. The molecule has 1 aliphatic rings. The highest BCUT2D eigenvalue weighted by Gasteiger charge is 2.28. The number of carbonyl (C=O) groups excluding carboxylic acids is 1. The van der Waals surface area contributed by atoms with Gasteiger partial charge in [0.1, 0.15) is 5.60 Å². The Balaban J connectivity index is 0.000000321. The summed E-state index contributed by atoms with van der Waals surface area (Å²) in [5, 5.41) is 8.33. The van der Waals surface area contributed by atoms with E-state index in [0.717, 1.165) is 6.08 Å². The minimum absolute atomic E-state index is 0.373. The number of nitrogens with zero attached hydrogens (tertiary/aromatic N) is 1. The predicted molar refractivity (Wildman–Crippen MR) is 68.2 cm³/mol. The van der Waals surface area contributed by atoms with Crippen LogP contribution in [-0.4, -0.2) is 47.3 Å². The van der Waals surface area contributed by atoms with Crippen molar-refractivity contribution in [1.82, 2.24) is 4.90 Å². The molecule has 0 aromatic heterocycles. The van der Waals surface area contributed by atoms with Crippen LogP contribution in [0.15, 0.2) is 12.7 Å². The molecular formula is C12H22N2O4. The predicted octanol–water partition coefficient (Wildman–Crippen LogP) is 1.07. The van der Waals surface area contributed by atoms with Crippen LogP contribution in [0.25, 0.3) is 0 Å². The SMILES string of the molecule is C=CC(=O)OC(C)(C)C.NCC1CN(C(=O)O)C1. The number of carbonyl (C=O) groups is 2. The number of carboxylic acid groups (broad SMARTS) is 1. The van der Waals surface area contributed by atoms with Crippen molar-refractivity contribution in [3.8, 4) is 0 Å². The van der Waals surface area contributed by atoms with E-state index in [9.17, 15) is 9.59 Å². The molecule has 1 heterocycles. The Kier molecular flexibility index (Phi) is 6.40. The van der Waals surface area contributed by atoms with Crippen LogP contribution in [0.5, 0.6) is 0 Å². The molecule has 3 N–H and O–H groups in total. The smallest absolute Gasteiger partial charge is 0.407 e. The molecule has 1 fully saturated rings. The normalized spacial score (nSPS) is 15.0. The average molecular weight is 258 g/mol. The molecule has 0 aromatic carbocycles. The highest BCUT2D eigenvalue weighted by atomic mass is 16.6. The molecule has 6 heteroatoms. The van der Waals surface area contributed by atoms with E-state index in [1.807, 2.05) is 20.8 Å². The fourth-order valence-electron chi connectivity index (χ4n) is 1.22. The second kappa shape index (κ2) is 7.00. The van der Waals surface area contributed by atoms with E-state index >= 15 is 0 Å². The van der Waals surface area contributed by atoms with E-state index in [0.29, 0.717) is 25.6 Å². The molecule has 0 unspecified atom stereocenters. The zero-order valence-corrected chi connectivity index (χ0v) is 11.2. The van der Waals surface area contributed by atoms with E-state index in [-0.39, 0.29) is 5.97 Å². The number of hydrogen-bond acceptors (Lipinski definition) is 4. The van der Waals surface area contributed by atoms with Gasteiger partial charge < -0.3 is 20.5 Å². The lowest BCUT2D eigenvalue weighted by atomic mass is 10.0. The first kappa shape index (κ1) is 16.4. The summed E-state index contributed by atoms with van der Waals surface area (Å²) in [5.41, 5.74) is 4.88. The van der Waals surface area contributed by atoms with Gasteiger partial charge in [0, 0.05) is 25.1 Å². The van der Waals surface area contributed by atoms with Crippen LogP contribution in [0.4, 0.5) is 4.79 Å². The maximum atomic E-state index is 10.5. The second-order valence-electron chi connectivity index (χ2n) is 5.03. The first-order chi connectivity index (χ1) is 8.19. The molecule has 6 nitrogen and oxygen atoms in total. The van der Waals surface area contributed by atoms with E-state index in [1.54, 1.807) is 0 Å². The van der Waals surface area contributed by atoms with Crippen LogP contribution in [0.2, 0.25) is 0 Å². The second-order valence-corrected chi connectivity index (χ2v) is 5.03. The highest BCUT2D eigenvalue weighted by Crippen LogP contribution is 2.12. The minimum Gasteiger partial charge on any atom is -0.465 e. The molecule has 0 radical (unpaired) electrons. The molecular weight excluding hydrogens is 236 g/mol. The van der Waals surface area contributed by atoms with Crippen molar-refractivity contribution in [3.63, 3.8) is 0 Å². The third-order valence-corrected chi connectivity index (χ3v) is 2.13. The zero-order valence-electron chi connectivity index (χ0n) is 11.2. The summed E-state index contributed by atoms with van der Waals surface area (Å²) >= 11 is 0. The Hall–Kier alpha value is -1.56. The number of likely N-dealkylation sites (tertiary alicyclic amines) is 1. The maximum Gasteiger partial charge on any atom is 0.407 e. The topological polar surface area (TPSA) is 92.9 Å². The van der Waals surface area contributed by atoms with Crippen LogP contribution in [0.3, 0.4) is 0 Å². The highest BCUT2D eigenvalue weighted by molar-refractivity contribution is 5.81. The van der Waals surface area contributed by atoms with Crippen molar-refractivity contribution in [1.29, 1.82) is 0 Å². The van der Waals surface area contributed by atoms with Crippen molar-refractivity contribution in [2.24, 2.45) is 11.7 Å². The summed E-state index contributed by atoms with van der Waals surface area (Å²) < 4.78 is 4.83. The Morgan fingerprint density at radius 2 is 2.00 bits per heavy atom. The summed E-state index contributed by atoms with van der Waals surface area (Å²) in [6.07, 6.45) is 0.324. The van der Waals surface area contributed by atoms with Gasteiger partial charge in [0.05, 0.1) is 0 Å². The van der Waals surface area contributed by atoms with Crippen molar-refractivity contribution >= 4 is 12.1 Å². The molecule has 0 atom stereocenters. The lowest BCUT2D eigenvalue weighted by molar-refractivity contribution is -0.148. The van der Waals surface area contributed by atoms with Gasteiger partial charge in [-0.15, -0.1) is 0 Å². The molecule has 0 spiro atoms. The summed E-state index contributed by atoms with van der Waals surface area (Å²) in [7, 11) is 0. The van der Waals surface area contributed by atoms with Gasteiger partial charge in [0.15, 0.2) is 0 Å². The van der Waals surface area contributed by atoms with Crippen molar-refractivity contribution in [3.05, 3.63) is 12.7 Å². The van der Waals surface area contributed by atoms with Crippen LogP contribution in [0.1, 0.15) is 20.8 Å². The van der Waals surface area contributed by atoms with Crippen molar-refractivity contribution in [2.75, 3.05) is 19.6 Å². The molecule has 104 valence electrons. The van der Waals surface area contributed by atoms with Gasteiger partial charge in [-0.2, -0.15) is 0 Å². The monoisotopic (exact) mass is 258 g/mol. The number of hydrogen-bond donors (Lipinski definition) is 2. The van der Waals surface area contributed by atoms with Gasteiger partial charge >= 0.3 is 12.1 Å². The molecule has 1 amide bonds. The largest absolute Gasteiger partial charge is 0.465 e. The van der Waals surface area contributed by atoms with E-state index < -0.39 is 11.7 Å². The molecule has 0 aliphatic carbocycles. The molecule has 0 saturated carbocycles. The lowest BCUT2D eigenvalue weighted by Crippen LogP contribution is -2.52. The van der Waals surface area contributed by atoms with E-state index in [4.69, 9.17) is 15.6 Å². The standard InChI is InChI=1S/C7H12O2.C5H10N2O2/c1-5-6(8)9-7(2,3)4;6-1-4-2-7(3-4)5(8)9/h5H,1H2,2-4H3;4H,1-3,6H2,(H,8,9). The van der Waals surface area contributed by atoms with E-state index in [1.165, 1.54) is 4.90 Å². The third kappa shape index (κ3) is 6.90. The van der Waals surface area contributed by atoms with Gasteiger partial charge in [-0.25, -0.2) is 9.59 Å². The number of nitrogens with two attached hydrogens (primary N) is 1. The molecule has 0 aromatic rings. The Bertz CT molecular complexity index is 304. The van der Waals surface area contributed by atoms with Gasteiger partial charge in [-0.05, 0) is 27.3 Å². The van der Waals surface area contributed by atoms with Crippen LogP contribution < -0.4 is 5.73 Å². The number of rotatable bonds is 2. The zero-order chi connectivity index (χ0) is 14.3. The molecule has 1 rings (SSSR count). The maximum absolute atomic E-state index is 10.5. The minimum atomic E-state index is -0.834. The lowest BCUT2D eigenvalue weighted by Gasteiger charge is -2.36. The number of ether oxygens (including phenoxy) is 1. The Labute approximate surface area is 107 Å². The van der Waals surface area contributed by atoms with E-state index in [2.05, 4.69) is 6.58 Å². The van der Waals surface area contributed by atoms with Gasteiger partial charge in [0.25, 0.3) is 0 Å². The quantitative estimate of drug-likeness (QED) is 0.571. The molecule has 1 saturated heterocycles. The van der Waals surface area contributed by atoms with Crippen LogP contribution in [0, 0.1) is 5.92 Å². The number of amides is 1. The first-order valence-corrected chi connectivity index (χ1v) is 5.73. The van der Waals surface area contributed by atoms with Gasteiger partial charge in [0.2, 0.25) is 0 Å². The Morgan fingerprint density at radius 3 is 2.22 bits per heavy atom. The van der Waals surface area contributed by atoms with Gasteiger partial charge in [-0.1, -0.05) is 6.58 Å². The fourth-order valence-corrected chi connectivity index (χ4v) is 1.22. The fraction of sp³-hybridized carbons (Fsp3) is 0.667. The molecule has 0 bridgehead atoms.